The molecule has 1 aliphatic rings. The van der Waals surface area contributed by atoms with Crippen LogP contribution in [0.1, 0.15) is 30.1 Å². The second-order valence-electron chi connectivity index (χ2n) is 7.17. The number of anilines is 1. The molecule has 1 saturated heterocycles. The number of aromatic nitrogens is 2. The third kappa shape index (κ3) is 4.70. The van der Waals surface area contributed by atoms with Crippen molar-refractivity contribution < 1.29 is 18.7 Å². The third-order valence-electron chi connectivity index (χ3n) is 4.85. The van der Waals surface area contributed by atoms with Gasteiger partial charge in [0, 0.05) is 38.9 Å². The Morgan fingerprint density at radius 3 is 2.66 bits per heavy atom. The lowest BCUT2D eigenvalue weighted by Crippen LogP contribution is -2.43. The average Bonchev–Trinajstić information content (AvgIpc) is 2.73. The van der Waals surface area contributed by atoms with E-state index in [1.54, 1.807) is 43.0 Å². The zero-order valence-electron chi connectivity index (χ0n) is 16.9. The molecule has 1 fully saturated rings. The Bertz CT molecular complexity index is 886. The normalized spacial score (nSPS) is 16.4. The number of carbonyl (C=O) groups is 2. The number of ether oxygens (including phenoxy) is 1. The number of hydrogen-bond acceptors (Lipinski definition) is 6. The molecule has 3 rings (SSSR count). The largest absolute Gasteiger partial charge is 0.466 e. The number of hydrogen-bond donors (Lipinski definition) is 0. The summed E-state index contributed by atoms with van der Waals surface area (Å²) in [5.41, 5.74) is 1.03. The van der Waals surface area contributed by atoms with Crippen LogP contribution < -0.4 is 4.90 Å². The summed E-state index contributed by atoms with van der Waals surface area (Å²) in [5.74, 6) is -0.241. The van der Waals surface area contributed by atoms with Crippen molar-refractivity contribution in [1.82, 2.24) is 14.9 Å². The fourth-order valence-corrected chi connectivity index (χ4v) is 3.39. The Kier molecular flexibility index (Phi) is 6.41. The van der Waals surface area contributed by atoms with E-state index in [-0.39, 0.29) is 23.6 Å². The van der Waals surface area contributed by atoms with Crippen LogP contribution in [0.5, 0.6) is 0 Å². The minimum Gasteiger partial charge on any atom is -0.466 e. The van der Waals surface area contributed by atoms with Crippen LogP contribution in [-0.2, 0) is 9.53 Å². The number of esters is 1. The minimum atomic E-state index is -0.338. The molecule has 1 aromatic heterocycles. The summed E-state index contributed by atoms with van der Waals surface area (Å²) in [6.07, 6.45) is 2.95. The highest BCUT2D eigenvalue weighted by atomic mass is 19.1. The number of amides is 1. The molecule has 0 N–H and O–H groups in total. The monoisotopic (exact) mass is 400 g/mol. The zero-order valence-corrected chi connectivity index (χ0v) is 16.9. The number of nitrogens with zero attached hydrogens (tertiary/aromatic N) is 4. The van der Waals surface area contributed by atoms with Gasteiger partial charge in [-0.1, -0.05) is 0 Å². The Morgan fingerprint density at radius 2 is 2.00 bits per heavy atom. The van der Waals surface area contributed by atoms with Crippen LogP contribution in [0.25, 0.3) is 11.4 Å². The molecule has 0 bridgehead atoms. The van der Waals surface area contributed by atoms with Gasteiger partial charge in [0.25, 0.3) is 5.91 Å². The van der Waals surface area contributed by atoms with Crippen LogP contribution in [0, 0.1) is 11.7 Å². The lowest BCUT2D eigenvalue weighted by molar-refractivity contribution is -0.149. The van der Waals surface area contributed by atoms with Crippen molar-refractivity contribution in [3.05, 3.63) is 41.8 Å². The molecule has 1 aliphatic heterocycles. The van der Waals surface area contributed by atoms with Crippen molar-refractivity contribution in [1.29, 1.82) is 0 Å². The lowest BCUT2D eigenvalue weighted by atomic mass is 9.97. The summed E-state index contributed by atoms with van der Waals surface area (Å²) in [6, 6.07) is 5.88. The molecule has 1 aromatic carbocycles. The van der Waals surface area contributed by atoms with Crippen LogP contribution in [0.2, 0.25) is 0 Å². The van der Waals surface area contributed by atoms with Crippen LogP contribution in [-0.4, -0.2) is 60.5 Å². The average molecular weight is 400 g/mol. The van der Waals surface area contributed by atoms with Crippen LogP contribution >= 0.6 is 0 Å². The van der Waals surface area contributed by atoms with Crippen molar-refractivity contribution in [3.8, 4) is 11.4 Å². The lowest BCUT2D eigenvalue weighted by Gasteiger charge is -2.32. The smallest absolute Gasteiger partial charge is 0.310 e. The molecule has 1 atom stereocenters. The van der Waals surface area contributed by atoms with Gasteiger partial charge in [0.05, 0.1) is 12.5 Å². The minimum absolute atomic E-state index is 0.214. The predicted octanol–water partition coefficient (Wildman–Crippen LogP) is 2.76. The zero-order chi connectivity index (χ0) is 21.0. The fraction of sp³-hybridized carbons (Fsp3) is 0.429. The van der Waals surface area contributed by atoms with Gasteiger partial charge in [0.15, 0.2) is 5.82 Å². The molecule has 154 valence electrons. The van der Waals surface area contributed by atoms with E-state index in [1.807, 2.05) is 0 Å². The number of halogens is 1. The maximum atomic E-state index is 13.2. The Morgan fingerprint density at radius 1 is 1.28 bits per heavy atom. The molecular formula is C21H25FN4O3. The maximum absolute atomic E-state index is 13.2. The van der Waals surface area contributed by atoms with E-state index < -0.39 is 0 Å². The van der Waals surface area contributed by atoms with Crippen LogP contribution in [0.3, 0.4) is 0 Å². The summed E-state index contributed by atoms with van der Waals surface area (Å²) in [4.78, 5) is 37.5. The summed E-state index contributed by atoms with van der Waals surface area (Å²) >= 11 is 0. The van der Waals surface area contributed by atoms with Gasteiger partial charge < -0.3 is 14.5 Å². The molecule has 8 heteroatoms. The van der Waals surface area contributed by atoms with Gasteiger partial charge in [0.1, 0.15) is 17.2 Å². The quantitative estimate of drug-likeness (QED) is 0.719. The molecule has 2 aromatic rings. The van der Waals surface area contributed by atoms with Gasteiger partial charge in [0.2, 0.25) is 0 Å². The van der Waals surface area contributed by atoms with E-state index in [1.165, 1.54) is 18.3 Å². The topological polar surface area (TPSA) is 75.6 Å². The third-order valence-corrected chi connectivity index (χ3v) is 4.85. The van der Waals surface area contributed by atoms with Gasteiger partial charge >= 0.3 is 5.97 Å². The van der Waals surface area contributed by atoms with Crippen molar-refractivity contribution in [2.75, 3.05) is 38.7 Å². The van der Waals surface area contributed by atoms with E-state index in [0.717, 1.165) is 6.42 Å². The summed E-state index contributed by atoms with van der Waals surface area (Å²) in [6.45, 7) is 2.99. The fourth-order valence-electron chi connectivity index (χ4n) is 3.39. The van der Waals surface area contributed by atoms with Gasteiger partial charge in [-0.3, -0.25) is 9.59 Å². The second kappa shape index (κ2) is 8.98. The Balaban J connectivity index is 1.86. The van der Waals surface area contributed by atoms with E-state index in [0.29, 0.717) is 48.9 Å². The van der Waals surface area contributed by atoms with Crippen LogP contribution in [0.4, 0.5) is 10.2 Å². The Hall–Kier alpha value is -3.03. The molecular weight excluding hydrogens is 375 g/mol. The molecule has 0 saturated carbocycles. The highest BCUT2D eigenvalue weighted by molar-refractivity contribution is 5.99. The summed E-state index contributed by atoms with van der Waals surface area (Å²) < 4.78 is 18.3. The molecule has 0 radical (unpaired) electrons. The number of carbonyl (C=O) groups excluding carboxylic acids is 2. The van der Waals surface area contributed by atoms with E-state index in [9.17, 15) is 14.0 Å². The van der Waals surface area contributed by atoms with E-state index in [4.69, 9.17) is 4.74 Å². The first kappa shape index (κ1) is 20.7. The van der Waals surface area contributed by atoms with Crippen molar-refractivity contribution >= 4 is 17.7 Å². The maximum Gasteiger partial charge on any atom is 0.310 e. The van der Waals surface area contributed by atoms with Crippen LogP contribution in [0.15, 0.2) is 30.5 Å². The van der Waals surface area contributed by atoms with E-state index >= 15 is 0 Å². The van der Waals surface area contributed by atoms with Gasteiger partial charge in [-0.25, -0.2) is 14.4 Å². The SMILES string of the molecule is CCOC(=O)C1CCCN(C(=O)c2cnc(-c3ccc(F)cc3)nc2N(C)C)C1. The molecule has 7 nitrogen and oxygen atoms in total. The summed E-state index contributed by atoms with van der Waals surface area (Å²) in [5, 5.41) is 0. The number of piperidine rings is 1. The second-order valence-corrected chi connectivity index (χ2v) is 7.17. The molecule has 1 unspecified atom stereocenters. The van der Waals surface area contributed by atoms with Gasteiger partial charge in [-0.2, -0.15) is 0 Å². The number of rotatable bonds is 5. The number of benzene rings is 1. The standard InChI is InChI=1S/C21H25FN4O3/c1-4-29-21(28)15-6-5-11-26(13-15)20(27)17-12-23-18(24-19(17)25(2)3)14-7-9-16(22)10-8-14/h7-10,12,15H,4-6,11,13H2,1-3H3. The molecule has 0 spiro atoms. The van der Waals surface area contributed by atoms with Crippen molar-refractivity contribution in [3.63, 3.8) is 0 Å². The molecule has 2 heterocycles. The number of likely N-dealkylation sites (tertiary alicyclic amines) is 1. The van der Waals surface area contributed by atoms with Gasteiger partial charge in [-0.15, -0.1) is 0 Å². The molecule has 29 heavy (non-hydrogen) atoms. The van der Waals surface area contributed by atoms with E-state index in [2.05, 4.69) is 9.97 Å². The first-order valence-corrected chi connectivity index (χ1v) is 9.67. The first-order chi connectivity index (χ1) is 13.9. The molecule has 0 aliphatic carbocycles. The predicted molar refractivity (Wildman–Crippen MR) is 107 cm³/mol. The first-order valence-electron chi connectivity index (χ1n) is 9.67. The van der Waals surface area contributed by atoms with Gasteiger partial charge in [-0.05, 0) is 44.0 Å². The molecule has 1 amide bonds. The highest BCUT2D eigenvalue weighted by Crippen LogP contribution is 2.25. The Labute approximate surface area is 169 Å². The van der Waals surface area contributed by atoms with Crippen molar-refractivity contribution in [2.45, 2.75) is 19.8 Å². The summed E-state index contributed by atoms with van der Waals surface area (Å²) in [7, 11) is 3.59. The highest BCUT2D eigenvalue weighted by Gasteiger charge is 2.31. The van der Waals surface area contributed by atoms with Crippen molar-refractivity contribution in [2.24, 2.45) is 5.92 Å².